The van der Waals surface area contributed by atoms with Gasteiger partial charge in [0.25, 0.3) is 0 Å². The number of piperidine rings is 1. The van der Waals surface area contributed by atoms with Gasteiger partial charge in [0.15, 0.2) is 5.75 Å². The fourth-order valence-corrected chi connectivity index (χ4v) is 3.75. The largest absolute Gasteiger partial charge is 0.482 e. The lowest BCUT2D eigenvalue weighted by atomic mass is 9.90. The second-order valence-corrected chi connectivity index (χ2v) is 6.64. The van der Waals surface area contributed by atoms with E-state index in [-0.39, 0.29) is 6.10 Å². The quantitative estimate of drug-likeness (QED) is 0.796. The minimum absolute atomic E-state index is 0.0280. The normalized spacial score (nSPS) is 22.9. The number of hydrogen-bond donors (Lipinski definition) is 0. The Morgan fingerprint density at radius 3 is 2.54 bits per heavy atom. The van der Waals surface area contributed by atoms with Crippen LogP contribution in [0.4, 0.5) is 0 Å². The van der Waals surface area contributed by atoms with Crippen molar-refractivity contribution in [3.05, 3.63) is 54.6 Å². The van der Waals surface area contributed by atoms with Gasteiger partial charge in [-0.2, -0.15) is 0 Å². The first-order chi connectivity index (χ1) is 11.8. The molecule has 0 aliphatic carbocycles. The Balaban J connectivity index is 1.77. The third kappa shape index (κ3) is 4.12. The molecule has 1 aromatic carbocycles. The average molecular weight is 325 g/mol. The lowest BCUT2D eigenvalue weighted by Gasteiger charge is -2.40. The molecule has 24 heavy (non-hydrogen) atoms. The van der Waals surface area contributed by atoms with E-state index in [4.69, 9.17) is 4.74 Å². The summed E-state index contributed by atoms with van der Waals surface area (Å²) in [5.74, 6) is 0.733. The molecule has 128 valence electrons. The first-order valence-corrected chi connectivity index (χ1v) is 8.96. The molecule has 0 amide bonds. The first kappa shape index (κ1) is 16.9. The van der Waals surface area contributed by atoms with Crippen molar-refractivity contribution >= 4 is 0 Å². The van der Waals surface area contributed by atoms with Crippen LogP contribution in [0.5, 0.6) is 5.75 Å². The molecule has 4 heteroatoms. The molecule has 0 saturated carbocycles. The van der Waals surface area contributed by atoms with Crippen LogP contribution in [0.25, 0.3) is 0 Å². The maximum atomic E-state index is 6.27. The fraction of sp³-hybridized carbons (Fsp3) is 0.500. The molecule has 3 unspecified atom stereocenters. The molecule has 0 spiro atoms. The van der Waals surface area contributed by atoms with Gasteiger partial charge >= 0.3 is 0 Å². The highest BCUT2D eigenvalue weighted by Gasteiger charge is 2.29. The smallest absolute Gasteiger partial charge is 0.156 e. The highest BCUT2D eigenvalue weighted by atomic mass is 16.5. The second-order valence-electron chi connectivity index (χ2n) is 6.64. The molecular weight excluding hydrogens is 298 g/mol. The van der Waals surface area contributed by atoms with Gasteiger partial charge in [-0.25, -0.2) is 9.97 Å². The summed E-state index contributed by atoms with van der Waals surface area (Å²) < 4.78 is 6.27. The van der Waals surface area contributed by atoms with Crippen LogP contribution in [0, 0.1) is 0 Å². The Labute approximate surface area is 144 Å². The number of hydrogen-bond acceptors (Lipinski definition) is 4. The molecule has 1 saturated heterocycles. The molecule has 0 bridgehead atoms. The highest BCUT2D eigenvalue weighted by Crippen LogP contribution is 2.32. The zero-order chi connectivity index (χ0) is 16.8. The number of benzene rings is 1. The van der Waals surface area contributed by atoms with Crippen LogP contribution in [0.1, 0.15) is 50.7 Å². The molecule has 4 nitrogen and oxygen atoms in total. The maximum Gasteiger partial charge on any atom is 0.156 e. The molecule has 3 atom stereocenters. The van der Waals surface area contributed by atoms with Crippen molar-refractivity contribution in [1.29, 1.82) is 0 Å². The molecule has 2 aromatic rings. The summed E-state index contributed by atoms with van der Waals surface area (Å²) in [6.07, 6.45) is 11.1. The van der Waals surface area contributed by atoms with E-state index < -0.39 is 0 Å². The molecule has 3 rings (SSSR count). The summed E-state index contributed by atoms with van der Waals surface area (Å²) >= 11 is 0. The molecule has 1 aliphatic heterocycles. The molecular formula is C20H27N3O. The minimum Gasteiger partial charge on any atom is -0.482 e. The molecule has 2 heterocycles. The Hall–Kier alpha value is -1.94. The Bertz CT molecular complexity index is 605. The van der Waals surface area contributed by atoms with E-state index >= 15 is 0 Å². The van der Waals surface area contributed by atoms with Crippen LogP contribution in [0.2, 0.25) is 0 Å². The summed E-state index contributed by atoms with van der Waals surface area (Å²) in [7, 11) is 2.27. The summed E-state index contributed by atoms with van der Waals surface area (Å²) in [4.78, 5) is 10.7. The van der Waals surface area contributed by atoms with Gasteiger partial charge in [0.2, 0.25) is 0 Å². The van der Waals surface area contributed by atoms with Crippen molar-refractivity contribution in [2.24, 2.45) is 0 Å². The number of ether oxygens (including phenoxy) is 1. The van der Waals surface area contributed by atoms with Crippen molar-refractivity contribution in [1.82, 2.24) is 14.9 Å². The van der Waals surface area contributed by atoms with E-state index in [0.29, 0.717) is 12.1 Å². The zero-order valence-corrected chi connectivity index (χ0v) is 14.6. The predicted octanol–water partition coefficient (Wildman–Crippen LogP) is 4.25. The van der Waals surface area contributed by atoms with Crippen molar-refractivity contribution < 1.29 is 4.74 Å². The predicted molar refractivity (Wildman–Crippen MR) is 95.9 cm³/mol. The lowest BCUT2D eigenvalue weighted by molar-refractivity contribution is 0.0685. The van der Waals surface area contributed by atoms with Crippen LogP contribution in [0.15, 0.2) is 49.1 Å². The van der Waals surface area contributed by atoms with Crippen molar-refractivity contribution in [2.45, 2.75) is 57.2 Å². The summed E-state index contributed by atoms with van der Waals surface area (Å²) in [5.41, 5.74) is 1.22. The molecule has 1 aromatic heterocycles. The fourth-order valence-electron chi connectivity index (χ4n) is 3.75. The topological polar surface area (TPSA) is 38.3 Å². The molecule has 0 N–H and O–H groups in total. The van der Waals surface area contributed by atoms with E-state index in [1.807, 2.05) is 6.07 Å². The van der Waals surface area contributed by atoms with Crippen LogP contribution >= 0.6 is 0 Å². The Morgan fingerprint density at radius 2 is 1.83 bits per heavy atom. The van der Waals surface area contributed by atoms with Crippen LogP contribution < -0.4 is 4.74 Å². The van der Waals surface area contributed by atoms with Crippen LogP contribution in [-0.2, 0) is 0 Å². The van der Waals surface area contributed by atoms with E-state index in [0.717, 1.165) is 12.2 Å². The second kappa shape index (κ2) is 8.25. The van der Waals surface area contributed by atoms with E-state index in [9.17, 15) is 0 Å². The Morgan fingerprint density at radius 1 is 1.12 bits per heavy atom. The molecule has 0 radical (unpaired) electrons. The standard InChI is InChI=1S/C20H27N3O/c1-3-17-10-7-11-18(23(17)2)12-20(16-8-5-4-6-9-16)24-19-13-21-15-22-14-19/h4-6,8-9,13-15,17-18,20H,3,7,10-12H2,1-2H3. The van der Waals surface area contributed by atoms with Crippen molar-refractivity contribution in [2.75, 3.05) is 7.05 Å². The van der Waals surface area contributed by atoms with Gasteiger partial charge in [0.1, 0.15) is 12.4 Å². The third-order valence-electron chi connectivity index (χ3n) is 5.17. The van der Waals surface area contributed by atoms with Crippen LogP contribution in [-0.4, -0.2) is 34.0 Å². The third-order valence-corrected chi connectivity index (χ3v) is 5.17. The average Bonchev–Trinajstić information content (AvgIpc) is 2.64. The van der Waals surface area contributed by atoms with Gasteiger partial charge < -0.3 is 9.64 Å². The molecule has 1 fully saturated rings. The van der Waals surface area contributed by atoms with Gasteiger partial charge in [-0.1, -0.05) is 43.7 Å². The number of likely N-dealkylation sites (tertiary alicyclic amines) is 1. The maximum absolute atomic E-state index is 6.27. The summed E-state index contributed by atoms with van der Waals surface area (Å²) in [5, 5.41) is 0. The van der Waals surface area contributed by atoms with Gasteiger partial charge in [-0.05, 0) is 31.9 Å². The number of rotatable bonds is 6. The van der Waals surface area contributed by atoms with E-state index in [1.54, 1.807) is 12.4 Å². The highest BCUT2D eigenvalue weighted by molar-refractivity contribution is 5.21. The number of nitrogens with zero attached hydrogens (tertiary/aromatic N) is 3. The van der Waals surface area contributed by atoms with Gasteiger partial charge in [0.05, 0.1) is 12.4 Å². The van der Waals surface area contributed by atoms with E-state index in [2.05, 4.69) is 53.1 Å². The van der Waals surface area contributed by atoms with E-state index in [1.165, 1.54) is 37.6 Å². The zero-order valence-electron chi connectivity index (χ0n) is 14.6. The van der Waals surface area contributed by atoms with Crippen molar-refractivity contribution in [3.8, 4) is 5.75 Å². The lowest BCUT2D eigenvalue weighted by Crippen LogP contribution is -2.44. The summed E-state index contributed by atoms with van der Waals surface area (Å²) in [6, 6.07) is 11.7. The van der Waals surface area contributed by atoms with Gasteiger partial charge in [-0.3, -0.25) is 0 Å². The van der Waals surface area contributed by atoms with Crippen LogP contribution in [0.3, 0.4) is 0 Å². The SMILES string of the molecule is CCC1CCCC(CC(Oc2cncnc2)c2ccccc2)N1C. The first-order valence-electron chi connectivity index (χ1n) is 8.96. The summed E-state index contributed by atoms with van der Waals surface area (Å²) in [6.45, 7) is 2.29. The Kier molecular flexibility index (Phi) is 5.81. The monoisotopic (exact) mass is 325 g/mol. The minimum atomic E-state index is 0.0280. The number of aromatic nitrogens is 2. The van der Waals surface area contributed by atoms with Gasteiger partial charge in [-0.15, -0.1) is 0 Å². The van der Waals surface area contributed by atoms with Gasteiger partial charge in [0, 0.05) is 18.5 Å². The van der Waals surface area contributed by atoms with Crippen molar-refractivity contribution in [3.63, 3.8) is 0 Å². The molecule has 1 aliphatic rings.